The van der Waals surface area contributed by atoms with Gasteiger partial charge in [0.2, 0.25) is 0 Å². The van der Waals surface area contributed by atoms with Gasteiger partial charge in [-0.25, -0.2) is 0 Å². The largest absolute Gasteiger partial charge is 0.508 e. The van der Waals surface area contributed by atoms with Gasteiger partial charge in [0.25, 0.3) is 0 Å². The Labute approximate surface area is 63.9 Å². The molecule has 0 fully saturated rings. The Bertz CT molecular complexity index is 138. The van der Waals surface area contributed by atoms with E-state index in [0.717, 1.165) is 0 Å². The van der Waals surface area contributed by atoms with Crippen LogP contribution in [0.15, 0.2) is 30.3 Å². The number of hydrogen-bond acceptors (Lipinski definition) is 1. The summed E-state index contributed by atoms with van der Waals surface area (Å²) in [6, 6.07) is 8.71. The summed E-state index contributed by atoms with van der Waals surface area (Å²) in [7, 11) is 0. The van der Waals surface area contributed by atoms with Gasteiger partial charge in [0.1, 0.15) is 5.75 Å². The third-order valence-corrected chi connectivity index (χ3v) is 0.756. The standard InChI is InChI=1S/C6H6O.Au/c7-6-4-2-1-3-5-6;/h1-5,7H;. The molecule has 0 bridgehead atoms. The molecule has 0 aliphatic carbocycles. The SMILES string of the molecule is Oc1ccccc1.[Au]. The average molecular weight is 291 g/mol. The zero-order valence-corrected chi connectivity index (χ0v) is 6.30. The maximum absolute atomic E-state index is 8.63. The van der Waals surface area contributed by atoms with Crippen LogP contribution in [0.3, 0.4) is 0 Å². The molecule has 0 saturated heterocycles. The smallest absolute Gasteiger partial charge is 0.115 e. The molecule has 0 atom stereocenters. The van der Waals surface area contributed by atoms with Crippen molar-refractivity contribution in [2.45, 2.75) is 0 Å². The van der Waals surface area contributed by atoms with Gasteiger partial charge in [-0.2, -0.15) is 0 Å². The first-order chi connectivity index (χ1) is 3.39. The minimum atomic E-state index is 0. The van der Waals surface area contributed by atoms with Crippen LogP contribution in [0.2, 0.25) is 0 Å². The van der Waals surface area contributed by atoms with E-state index in [0.29, 0.717) is 5.75 Å². The van der Waals surface area contributed by atoms with E-state index in [1.165, 1.54) is 0 Å². The van der Waals surface area contributed by atoms with E-state index < -0.39 is 0 Å². The molecule has 1 nitrogen and oxygen atoms in total. The molecule has 1 aromatic carbocycles. The summed E-state index contributed by atoms with van der Waals surface area (Å²) in [6.45, 7) is 0. The molecule has 8 heavy (non-hydrogen) atoms. The maximum atomic E-state index is 8.63. The van der Waals surface area contributed by atoms with Crippen LogP contribution in [0.4, 0.5) is 0 Å². The number of benzene rings is 1. The molecule has 47 valence electrons. The maximum Gasteiger partial charge on any atom is 0.115 e. The van der Waals surface area contributed by atoms with Crippen molar-refractivity contribution in [2.75, 3.05) is 0 Å². The Balaban J connectivity index is 0.000000490. The van der Waals surface area contributed by atoms with Crippen molar-refractivity contribution in [1.82, 2.24) is 0 Å². The van der Waals surface area contributed by atoms with Gasteiger partial charge in [0, 0.05) is 22.4 Å². The summed E-state index contributed by atoms with van der Waals surface area (Å²) in [5, 5.41) is 8.63. The van der Waals surface area contributed by atoms with E-state index in [-0.39, 0.29) is 22.4 Å². The van der Waals surface area contributed by atoms with Crippen molar-refractivity contribution >= 4 is 0 Å². The molecule has 1 radical (unpaired) electrons. The molecule has 1 aromatic rings. The summed E-state index contributed by atoms with van der Waals surface area (Å²) < 4.78 is 0. The van der Waals surface area contributed by atoms with Gasteiger partial charge in [-0.15, -0.1) is 0 Å². The van der Waals surface area contributed by atoms with Crippen molar-refractivity contribution in [3.63, 3.8) is 0 Å². The fourth-order valence-corrected chi connectivity index (χ4v) is 0.428. The van der Waals surface area contributed by atoms with Crippen LogP contribution in [-0.2, 0) is 22.4 Å². The van der Waals surface area contributed by atoms with Gasteiger partial charge in [-0.05, 0) is 12.1 Å². The molecule has 0 aromatic heterocycles. The monoisotopic (exact) mass is 291 g/mol. The van der Waals surface area contributed by atoms with Gasteiger partial charge in [-0.3, -0.25) is 0 Å². The zero-order chi connectivity index (χ0) is 5.11. The Kier molecular flexibility index (Phi) is 3.61. The summed E-state index contributed by atoms with van der Waals surface area (Å²) in [5.41, 5.74) is 0. The minimum absolute atomic E-state index is 0. The molecule has 0 amide bonds. The molecular formula is C6H6AuO. The average Bonchev–Trinajstić information content (AvgIpc) is 1.69. The molecule has 0 heterocycles. The van der Waals surface area contributed by atoms with Crippen molar-refractivity contribution < 1.29 is 27.5 Å². The number of aromatic hydroxyl groups is 1. The molecule has 1 N–H and O–H groups in total. The van der Waals surface area contributed by atoms with E-state index >= 15 is 0 Å². The second-order valence-electron chi connectivity index (χ2n) is 1.34. The Morgan fingerprint density at radius 1 is 1.00 bits per heavy atom. The van der Waals surface area contributed by atoms with Crippen LogP contribution in [0.1, 0.15) is 0 Å². The van der Waals surface area contributed by atoms with Crippen LogP contribution in [0, 0.1) is 0 Å². The van der Waals surface area contributed by atoms with Crippen molar-refractivity contribution in [3.05, 3.63) is 30.3 Å². The van der Waals surface area contributed by atoms with Crippen molar-refractivity contribution in [1.29, 1.82) is 0 Å². The molecule has 0 spiro atoms. The Morgan fingerprint density at radius 2 is 1.50 bits per heavy atom. The number of phenolic OH excluding ortho intramolecular Hbond substituents is 1. The zero-order valence-electron chi connectivity index (χ0n) is 4.14. The van der Waals surface area contributed by atoms with Crippen LogP contribution in [0.25, 0.3) is 0 Å². The summed E-state index contributed by atoms with van der Waals surface area (Å²) in [6.07, 6.45) is 0. The fraction of sp³-hybridized carbons (Fsp3) is 0. The fourth-order valence-electron chi connectivity index (χ4n) is 0.428. The summed E-state index contributed by atoms with van der Waals surface area (Å²) >= 11 is 0. The second kappa shape index (κ2) is 3.72. The van der Waals surface area contributed by atoms with Gasteiger partial charge in [-0.1, -0.05) is 18.2 Å². The summed E-state index contributed by atoms with van der Waals surface area (Å²) in [5.74, 6) is 0.322. The quantitative estimate of drug-likeness (QED) is 0.716. The predicted octanol–water partition coefficient (Wildman–Crippen LogP) is 1.39. The van der Waals surface area contributed by atoms with Gasteiger partial charge >= 0.3 is 0 Å². The van der Waals surface area contributed by atoms with E-state index in [1.807, 2.05) is 6.07 Å². The molecule has 0 aliphatic heterocycles. The molecule has 1 rings (SSSR count). The molecular weight excluding hydrogens is 285 g/mol. The molecule has 2 heteroatoms. The Hall–Kier alpha value is -0.240. The van der Waals surface area contributed by atoms with E-state index in [9.17, 15) is 0 Å². The molecule has 0 unspecified atom stereocenters. The molecule has 0 aliphatic rings. The third-order valence-electron chi connectivity index (χ3n) is 0.756. The first-order valence-corrected chi connectivity index (χ1v) is 2.13. The number of para-hydroxylation sites is 1. The van der Waals surface area contributed by atoms with Gasteiger partial charge < -0.3 is 5.11 Å². The number of rotatable bonds is 0. The first-order valence-electron chi connectivity index (χ1n) is 2.13. The van der Waals surface area contributed by atoms with Crippen LogP contribution < -0.4 is 0 Å². The van der Waals surface area contributed by atoms with E-state index in [2.05, 4.69) is 0 Å². The first kappa shape index (κ1) is 7.76. The van der Waals surface area contributed by atoms with Crippen LogP contribution in [0.5, 0.6) is 5.75 Å². The second-order valence-corrected chi connectivity index (χ2v) is 1.34. The summed E-state index contributed by atoms with van der Waals surface area (Å²) in [4.78, 5) is 0. The van der Waals surface area contributed by atoms with Gasteiger partial charge in [0.05, 0.1) is 0 Å². The normalized spacial score (nSPS) is 7.50. The Morgan fingerprint density at radius 3 is 1.75 bits per heavy atom. The predicted molar refractivity (Wildman–Crippen MR) is 28.1 cm³/mol. The van der Waals surface area contributed by atoms with E-state index in [4.69, 9.17) is 5.11 Å². The number of hydrogen-bond donors (Lipinski definition) is 1. The van der Waals surface area contributed by atoms with E-state index in [1.54, 1.807) is 24.3 Å². The minimum Gasteiger partial charge on any atom is -0.508 e. The van der Waals surface area contributed by atoms with Crippen LogP contribution in [-0.4, -0.2) is 5.11 Å². The number of phenols is 1. The van der Waals surface area contributed by atoms with Gasteiger partial charge in [0.15, 0.2) is 0 Å². The van der Waals surface area contributed by atoms with Crippen molar-refractivity contribution in [3.8, 4) is 5.75 Å². The van der Waals surface area contributed by atoms with Crippen molar-refractivity contribution in [2.24, 2.45) is 0 Å². The third kappa shape index (κ3) is 2.17. The molecule has 0 saturated carbocycles. The van der Waals surface area contributed by atoms with Crippen LogP contribution >= 0.6 is 0 Å². The topological polar surface area (TPSA) is 20.2 Å².